The number of amides is 1. The van der Waals surface area contributed by atoms with Crippen LogP contribution in [-0.2, 0) is 10.2 Å². The molecule has 1 aliphatic rings. The second-order valence-electron chi connectivity index (χ2n) is 5.84. The summed E-state index contributed by atoms with van der Waals surface area (Å²) in [5.74, 6) is 0.299. The lowest BCUT2D eigenvalue weighted by Gasteiger charge is -2.24. The first kappa shape index (κ1) is 15.7. The fourth-order valence-corrected chi connectivity index (χ4v) is 5.30. The van der Waals surface area contributed by atoms with Gasteiger partial charge in [0.15, 0.2) is 0 Å². The number of carbonyl (C=O) groups excluding carboxylic acids is 1. The van der Waals surface area contributed by atoms with Crippen LogP contribution in [0.5, 0.6) is 0 Å². The summed E-state index contributed by atoms with van der Waals surface area (Å²) in [5.41, 5.74) is 3.21. The molecule has 2 nitrogen and oxygen atoms in total. The van der Waals surface area contributed by atoms with Crippen LogP contribution < -0.4 is 0 Å². The van der Waals surface area contributed by atoms with E-state index in [1.165, 1.54) is 11.1 Å². The molecule has 0 saturated carbocycles. The molecule has 0 bridgehead atoms. The number of rotatable bonds is 4. The molecule has 1 fully saturated rings. The van der Waals surface area contributed by atoms with E-state index >= 15 is 0 Å². The predicted molar refractivity (Wildman–Crippen MR) is 98.1 cm³/mol. The first-order valence-corrected chi connectivity index (χ1v) is 11.0. The quantitative estimate of drug-likeness (QED) is 0.747. The SMILES string of the molecule is CPPN1CC[C@@](C)(c2ccc(-c3ccccc3)cc2)C1=O. The highest BCUT2D eigenvalue weighted by Gasteiger charge is 2.43. The largest absolute Gasteiger partial charge is 0.320 e. The van der Waals surface area contributed by atoms with Crippen molar-refractivity contribution < 1.29 is 4.79 Å². The van der Waals surface area contributed by atoms with Crippen LogP contribution in [0.4, 0.5) is 0 Å². The molecule has 2 unspecified atom stereocenters. The van der Waals surface area contributed by atoms with Gasteiger partial charge in [-0.3, -0.25) is 4.79 Å². The molecule has 1 amide bonds. The van der Waals surface area contributed by atoms with Gasteiger partial charge in [0.1, 0.15) is 0 Å². The highest BCUT2D eigenvalue weighted by atomic mass is 32.0. The average molecular weight is 329 g/mol. The maximum atomic E-state index is 12.7. The smallest absolute Gasteiger partial charge is 0.236 e. The standard InChI is InChI=1S/C18H21NOP2/c1-18(12-13-19(17(18)20)22-21-2)16-10-8-15(9-11-16)14-6-4-3-5-7-14/h3-11,21-22H,12-13H2,1-2H3/t18-/m0/s1. The monoisotopic (exact) mass is 329 g/mol. The Morgan fingerprint density at radius 2 is 1.64 bits per heavy atom. The van der Waals surface area contributed by atoms with Gasteiger partial charge in [0.25, 0.3) is 0 Å². The number of hydrogen-bond donors (Lipinski definition) is 0. The summed E-state index contributed by atoms with van der Waals surface area (Å²) in [6, 6.07) is 18.9. The van der Waals surface area contributed by atoms with E-state index in [4.69, 9.17) is 0 Å². The predicted octanol–water partition coefficient (Wildman–Crippen LogP) is 4.66. The van der Waals surface area contributed by atoms with Crippen LogP contribution in [-0.4, -0.2) is 23.8 Å². The molecule has 1 saturated heterocycles. The Hall–Kier alpha value is -1.23. The van der Waals surface area contributed by atoms with Gasteiger partial charge < -0.3 is 4.67 Å². The summed E-state index contributed by atoms with van der Waals surface area (Å²) < 4.78 is 2.05. The average Bonchev–Trinajstić information content (AvgIpc) is 2.86. The third-order valence-electron chi connectivity index (χ3n) is 4.43. The van der Waals surface area contributed by atoms with Crippen LogP contribution in [0.1, 0.15) is 18.9 Å². The summed E-state index contributed by atoms with van der Waals surface area (Å²) in [6.45, 7) is 5.15. The van der Waals surface area contributed by atoms with E-state index in [0.717, 1.165) is 26.8 Å². The van der Waals surface area contributed by atoms with Crippen molar-refractivity contribution in [2.24, 2.45) is 0 Å². The lowest BCUT2D eigenvalue weighted by molar-refractivity contribution is -0.127. The van der Waals surface area contributed by atoms with Crippen molar-refractivity contribution >= 4 is 22.6 Å². The van der Waals surface area contributed by atoms with Crippen LogP contribution in [0, 0.1) is 0 Å². The maximum Gasteiger partial charge on any atom is 0.236 e. The Balaban J connectivity index is 1.85. The van der Waals surface area contributed by atoms with Gasteiger partial charge in [-0.1, -0.05) is 62.9 Å². The normalized spacial score (nSPS) is 22.5. The van der Waals surface area contributed by atoms with Crippen molar-refractivity contribution in [3.8, 4) is 11.1 Å². The Morgan fingerprint density at radius 1 is 1.00 bits per heavy atom. The van der Waals surface area contributed by atoms with Crippen LogP contribution >= 0.6 is 16.7 Å². The second kappa shape index (κ2) is 6.49. The molecule has 1 aliphatic heterocycles. The van der Waals surface area contributed by atoms with Gasteiger partial charge in [-0.15, -0.1) is 0 Å². The van der Waals surface area contributed by atoms with E-state index < -0.39 is 0 Å². The van der Waals surface area contributed by atoms with E-state index in [9.17, 15) is 4.79 Å². The minimum absolute atomic E-state index is 0.299. The van der Waals surface area contributed by atoms with Gasteiger partial charge in [-0.2, -0.15) is 0 Å². The van der Waals surface area contributed by atoms with Gasteiger partial charge in [0.2, 0.25) is 5.91 Å². The third-order valence-corrected chi connectivity index (χ3v) is 6.83. The van der Waals surface area contributed by atoms with Gasteiger partial charge in [-0.25, -0.2) is 0 Å². The number of nitrogens with zero attached hydrogens (tertiary/aromatic N) is 1. The van der Waals surface area contributed by atoms with E-state index in [2.05, 4.69) is 62.1 Å². The van der Waals surface area contributed by atoms with Crippen molar-refractivity contribution in [2.45, 2.75) is 18.8 Å². The zero-order valence-electron chi connectivity index (χ0n) is 13.0. The van der Waals surface area contributed by atoms with Crippen molar-refractivity contribution in [3.05, 3.63) is 60.2 Å². The number of benzene rings is 2. The Labute approximate surface area is 135 Å². The number of hydrogen-bond acceptors (Lipinski definition) is 1. The molecule has 0 spiro atoms. The van der Waals surface area contributed by atoms with Crippen LogP contribution in [0.2, 0.25) is 0 Å². The highest BCUT2D eigenvalue weighted by Crippen LogP contribution is 2.46. The summed E-state index contributed by atoms with van der Waals surface area (Å²) in [7, 11) is 1.47. The van der Waals surface area contributed by atoms with Gasteiger partial charge in [0.05, 0.1) is 5.41 Å². The zero-order chi connectivity index (χ0) is 15.6. The molecule has 3 rings (SSSR count). The van der Waals surface area contributed by atoms with Crippen LogP contribution in [0.25, 0.3) is 11.1 Å². The lowest BCUT2D eigenvalue weighted by Crippen LogP contribution is -2.31. The molecule has 0 N–H and O–H groups in total. The first-order chi connectivity index (χ1) is 10.6. The second-order valence-corrected chi connectivity index (χ2v) is 9.28. The molecular weight excluding hydrogens is 308 g/mol. The molecule has 0 radical (unpaired) electrons. The topological polar surface area (TPSA) is 20.3 Å². The Kier molecular flexibility index (Phi) is 4.62. The zero-order valence-corrected chi connectivity index (χ0v) is 15.0. The highest BCUT2D eigenvalue weighted by molar-refractivity contribution is 8.10. The van der Waals surface area contributed by atoms with E-state index in [0.29, 0.717) is 14.3 Å². The molecular formula is C18H21NOP2. The van der Waals surface area contributed by atoms with Crippen LogP contribution in [0.3, 0.4) is 0 Å². The molecule has 4 heteroatoms. The van der Waals surface area contributed by atoms with Gasteiger partial charge in [-0.05, 0) is 36.7 Å². The minimum atomic E-state index is -0.345. The molecule has 114 valence electrons. The minimum Gasteiger partial charge on any atom is -0.320 e. The fourth-order valence-electron chi connectivity index (χ4n) is 3.01. The molecule has 3 atom stereocenters. The Bertz CT molecular complexity index is 657. The third kappa shape index (κ3) is 2.83. The van der Waals surface area contributed by atoms with Crippen LogP contribution in [0.15, 0.2) is 54.6 Å². The van der Waals surface area contributed by atoms with Crippen molar-refractivity contribution in [2.75, 3.05) is 13.2 Å². The Morgan fingerprint density at radius 3 is 2.27 bits per heavy atom. The molecule has 1 heterocycles. The van der Waals surface area contributed by atoms with Gasteiger partial charge >= 0.3 is 0 Å². The van der Waals surface area contributed by atoms with Crippen molar-refractivity contribution in [1.29, 1.82) is 0 Å². The lowest BCUT2D eigenvalue weighted by atomic mass is 9.80. The summed E-state index contributed by atoms with van der Waals surface area (Å²) in [6.07, 6.45) is 0.925. The molecule has 0 aromatic heterocycles. The summed E-state index contributed by atoms with van der Waals surface area (Å²) >= 11 is 0. The fraction of sp³-hybridized carbons (Fsp3) is 0.278. The summed E-state index contributed by atoms with van der Waals surface area (Å²) in [5, 5.41) is 0. The maximum absolute atomic E-state index is 12.7. The number of carbonyl (C=O) groups is 1. The van der Waals surface area contributed by atoms with E-state index in [-0.39, 0.29) is 5.41 Å². The molecule has 0 aliphatic carbocycles. The van der Waals surface area contributed by atoms with E-state index in [1.54, 1.807) is 0 Å². The molecule has 2 aromatic rings. The van der Waals surface area contributed by atoms with Gasteiger partial charge in [0, 0.05) is 15.0 Å². The van der Waals surface area contributed by atoms with E-state index in [1.807, 2.05) is 10.7 Å². The van der Waals surface area contributed by atoms with Crippen molar-refractivity contribution in [3.63, 3.8) is 0 Å². The first-order valence-electron chi connectivity index (χ1n) is 7.55. The van der Waals surface area contributed by atoms with Crippen molar-refractivity contribution in [1.82, 2.24) is 4.67 Å². The summed E-state index contributed by atoms with van der Waals surface area (Å²) in [4.78, 5) is 12.7. The molecule has 2 aromatic carbocycles. The molecule has 22 heavy (non-hydrogen) atoms.